The summed E-state index contributed by atoms with van der Waals surface area (Å²) in [7, 11) is 3.27. The number of methoxy groups -OCH3 is 2. The number of carbonyl (C=O) groups is 1. The van der Waals surface area contributed by atoms with Crippen LogP contribution < -0.4 is 9.47 Å². The first-order valence-electron chi connectivity index (χ1n) is 9.01. The number of amides is 1. The minimum absolute atomic E-state index is 0.0357. The first-order valence-corrected chi connectivity index (χ1v) is 9.01. The van der Waals surface area contributed by atoms with Gasteiger partial charge in [-0.3, -0.25) is 4.79 Å². The Balaban J connectivity index is 2.09. The van der Waals surface area contributed by atoms with Gasteiger partial charge in [-0.1, -0.05) is 12.8 Å². The van der Waals surface area contributed by atoms with Gasteiger partial charge in [-0.2, -0.15) is 5.10 Å². The van der Waals surface area contributed by atoms with Crippen LogP contribution in [0.5, 0.6) is 11.5 Å². The van der Waals surface area contributed by atoms with Crippen molar-refractivity contribution in [2.45, 2.75) is 52.0 Å². The summed E-state index contributed by atoms with van der Waals surface area (Å²) in [6.07, 6.45) is 4.23. The van der Waals surface area contributed by atoms with Crippen LogP contribution in [0.1, 0.15) is 52.0 Å². The molecule has 1 aromatic carbocycles. The van der Waals surface area contributed by atoms with Gasteiger partial charge in [0.2, 0.25) is 5.91 Å². The van der Waals surface area contributed by atoms with Gasteiger partial charge in [-0.05, 0) is 51.8 Å². The van der Waals surface area contributed by atoms with E-state index in [1.807, 2.05) is 39.0 Å². The summed E-state index contributed by atoms with van der Waals surface area (Å²) in [6.45, 7) is 6.09. The molecule has 1 aliphatic heterocycles. The lowest BCUT2D eigenvalue weighted by Gasteiger charge is -2.43. The van der Waals surface area contributed by atoms with E-state index < -0.39 is 0 Å². The van der Waals surface area contributed by atoms with Gasteiger partial charge in [0.25, 0.3) is 0 Å². The normalized spacial score (nSPS) is 23.8. The molecule has 1 saturated carbocycles. The highest BCUT2D eigenvalue weighted by Crippen LogP contribution is 2.40. The predicted molar refractivity (Wildman–Crippen MR) is 98.1 cm³/mol. The number of hydrogen-bond acceptors (Lipinski definition) is 4. The number of fused-ring (bicyclic) bond motifs is 1. The highest BCUT2D eigenvalue weighted by molar-refractivity contribution is 6.07. The summed E-state index contributed by atoms with van der Waals surface area (Å²) in [5.41, 5.74) is 1.68. The molecule has 5 nitrogen and oxygen atoms in total. The van der Waals surface area contributed by atoms with E-state index >= 15 is 0 Å². The molecule has 136 valence electrons. The smallest absolute Gasteiger partial charge is 0.246 e. The predicted octanol–water partition coefficient (Wildman–Crippen LogP) is 3.86. The number of rotatable bonds is 3. The molecule has 1 amide bonds. The first kappa shape index (κ1) is 17.8. The standard InChI is InChI=1S/C20H28N2O3/c1-20(2,3)22-19(23)15-9-7-6-8-14(15)18(21-22)13-10-11-16(24-4)17(12-13)25-5/h10-12,14-15H,6-9H2,1-5H3/t14-,15+/m1/s1. The highest BCUT2D eigenvalue weighted by Gasteiger charge is 2.44. The van der Waals surface area contributed by atoms with Crippen LogP contribution in [0.2, 0.25) is 0 Å². The molecule has 2 atom stereocenters. The summed E-state index contributed by atoms with van der Waals surface area (Å²) < 4.78 is 10.8. The quantitative estimate of drug-likeness (QED) is 0.837. The largest absolute Gasteiger partial charge is 0.493 e. The van der Waals surface area contributed by atoms with Crippen LogP contribution in [-0.2, 0) is 4.79 Å². The molecule has 0 unspecified atom stereocenters. The molecule has 0 saturated heterocycles. The molecular formula is C20H28N2O3. The number of hydrazone groups is 1. The molecule has 1 heterocycles. The maximum absolute atomic E-state index is 13.0. The van der Waals surface area contributed by atoms with Crippen molar-refractivity contribution < 1.29 is 14.3 Å². The first-order chi connectivity index (χ1) is 11.9. The van der Waals surface area contributed by atoms with Crippen LogP contribution in [0.25, 0.3) is 0 Å². The molecule has 1 fully saturated rings. The van der Waals surface area contributed by atoms with Crippen LogP contribution in [0, 0.1) is 11.8 Å². The van der Waals surface area contributed by atoms with Crippen molar-refractivity contribution in [3.63, 3.8) is 0 Å². The zero-order valence-corrected chi connectivity index (χ0v) is 15.8. The zero-order valence-electron chi connectivity index (χ0n) is 15.8. The molecule has 5 heteroatoms. The number of nitrogens with zero attached hydrogens (tertiary/aromatic N) is 2. The van der Waals surface area contributed by atoms with E-state index in [-0.39, 0.29) is 23.3 Å². The third kappa shape index (κ3) is 3.24. The third-order valence-electron chi connectivity index (χ3n) is 5.17. The van der Waals surface area contributed by atoms with Gasteiger partial charge in [0, 0.05) is 17.4 Å². The molecular weight excluding hydrogens is 316 g/mol. The Morgan fingerprint density at radius 1 is 1.04 bits per heavy atom. The van der Waals surface area contributed by atoms with Crippen molar-refractivity contribution in [1.82, 2.24) is 5.01 Å². The Hall–Kier alpha value is -2.04. The van der Waals surface area contributed by atoms with Crippen LogP contribution in [0.4, 0.5) is 0 Å². The Bertz CT molecular complexity index is 691. The van der Waals surface area contributed by atoms with E-state index in [0.717, 1.165) is 37.0 Å². The Kier molecular flexibility index (Phi) is 4.76. The molecule has 3 rings (SSSR count). The number of carbonyl (C=O) groups excluding carboxylic acids is 1. The third-order valence-corrected chi connectivity index (χ3v) is 5.17. The lowest BCUT2D eigenvalue weighted by molar-refractivity contribution is -0.144. The maximum atomic E-state index is 13.0. The Morgan fingerprint density at radius 2 is 1.68 bits per heavy atom. The van der Waals surface area contributed by atoms with Crippen LogP contribution >= 0.6 is 0 Å². The maximum Gasteiger partial charge on any atom is 0.246 e. The van der Waals surface area contributed by atoms with Crippen molar-refractivity contribution in [3.05, 3.63) is 23.8 Å². The second-order valence-corrected chi connectivity index (χ2v) is 7.87. The molecule has 0 N–H and O–H groups in total. The molecule has 0 radical (unpaired) electrons. The topological polar surface area (TPSA) is 51.1 Å². The fourth-order valence-electron chi connectivity index (χ4n) is 3.89. The van der Waals surface area contributed by atoms with Crippen LogP contribution in [-0.4, -0.2) is 36.4 Å². The second kappa shape index (κ2) is 6.70. The van der Waals surface area contributed by atoms with E-state index in [1.54, 1.807) is 19.2 Å². The molecule has 25 heavy (non-hydrogen) atoms. The van der Waals surface area contributed by atoms with Crippen molar-refractivity contribution in [3.8, 4) is 11.5 Å². The number of ether oxygens (including phenoxy) is 2. The minimum Gasteiger partial charge on any atom is -0.493 e. The molecule has 0 spiro atoms. The zero-order chi connectivity index (χ0) is 18.2. The Labute approximate surface area is 150 Å². The van der Waals surface area contributed by atoms with Crippen LogP contribution in [0.3, 0.4) is 0 Å². The second-order valence-electron chi connectivity index (χ2n) is 7.87. The van der Waals surface area contributed by atoms with Gasteiger partial charge < -0.3 is 9.47 Å². The highest BCUT2D eigenvalue weighted by atomic mass is 16.5. The molecule has 1 aliphatic carbocycles. The fourth-order valence-corrected chi connectivity index (χ4v) is 3.89. The van der Waals surface area contributed by atoms with E-state index in [4.69, 9.17) is 14.6 Å². The average Bonchev–Trinajstić information content (AvgIpc) is 2.60. The van der Waals surface area contributed by atoms with Gasteiger partial charge in [-0.25, -0.2) is 5.01 Å². The minimum atomic E-state index is -0.332. The van der Waals surface area contributed by atoms with Crippen molar-refractivity contribution >= 4 is 11.6 Å². The molecule has 0 bridgehead atoms. The van der Waals surface area contributed by atoms with Gasteiger partial charge in [-0.15, -0.1) is 0 Å². The van der Waals surface area contributed by atoms with Crippen LogP contribution in [0.15, 0.2) is 23.3 Å². The van der Waals surface area contributed by atoms with Gasteiger partial charge in [0.05, 0.1) is 25.5 Å². The molecule has 0 aromatic heterocycles. The lowest BCUT2D eigenvalue weighted by atomic mass is 9.73. The van der Waals surface area contributed by atoms with Crippen molar-refractivity contribution in [2.24, 2.45) is 16.9 Å². The SMILES string of the molecule is COc1ccc(C2=NN(C(C)(C)C)C(=O)[C@H]3CCCC[C@@H]23)cc1OC. The molecule has 1 aromatic rings. The van der Waals surface area contributed by atoms with Crippen molar-refractivity contribution in [2.75, 3.05) is 14.2 Å². The fraction of sp³-hybridized carbons (Fsp3) is 0.600. The van der Waals surface area contributed by atoms with E-state index in [9.17, 15) is 4.79 Å². The van der Waals surface area contributed by atoms with E-state index in [0.29, 0.717) is 11.5 Å². The summed E-state index contributed by atoms with van der Waals surface area (Å²) in [4.78, 5) is 13.0. The van der Waals surface area contributed by atoms with Crippen molar-refractivity contribution in [1.29, 1.82) is 0 Å². The summed E-state index contributed by atoms with van der Waals surface area (Å²) in [5, 5.41) is 6.51. The monoisotopic (exact) mass is 344 g/mol. The lowest BCUT2D eigenvalue weighted by Crippen LogP contribution is -2.52. The summed E-state index contributed by atoms with van der Waals surface area (Å²) in [6, 6.07) is 5.90. The van der Waals surface area contributed by atoms with Gasteiger partial charge in [0.1, 0.15) is 0 Å². The average molecular weight is 344 g/mol. The molecule has 2 aliphatic rings. The summed E-state index contributed by atoms with van der Waals surface area (Å²) >= 11 is 0. The number of benzene rings is 1. The van der Waals surface area contributed by atoms with E-state index in [2.05, 4.69) is 0 Å². The van der Waals surface area contributed by atoms with Gasteiger partial charge >= 0.3 is 0 Å². The summed E-state index contributed by atoms with van der Waals surface area (Å²) in [5.74, 6) is 1.79. The number of hydrogen-bond donors (Lipinski definition) is 0. The van der Waals surface area contributed by atoms with Gasteiger partial charge in [0.15, 0.2) is 11.5 Å². The van der Waals surface area contributed by atoms with E-state index in [1.165, 1.54) is 0 Å². The Morgan fingerprint density at radius 3 is 2.28 bits per heavy atom.